The van der Waals surface area contributed by atoms with Crippen molar-refractivity contribution in [3.05, 3.63) is 29.6 Å². The van der Waals surface area contributed by atoms with Crippen molar-refractivity contribution in [2.45, 2.75) is 32.4 Å². The van der Waals surface area contributed by atoms with Crippen LogP contribution in [0.2, 0.25) is 0 Å². The van der Waals surface area contributed by atoms with Gasteiger partial charge in [-0.05, 0) is 31.7 Å². The Hall–Kier alpha value is -1.44. The molecule has 1 aromatic heterocycles. The Bertz CT molecular complexity index is 451. The van der Waals surface area contributed by atoms with Gasteiger partial charge in [0.1, 0.15) is 11.8 Å². The molecule has 0 aromatic carbocycles. The first-order chi connectivity index (χ1) is 9.26. The van der Waals surface area contributed by atoms with Gasteiger partial charge >= 0.3 is 0 Å². The summed E-state index contributed by atoms with van der Waals surface area (Å²) in [7, 11) is 1.73. The van der Waals surface area contributed by atoms with Gasteiger partial charge in [-0.15, -0.1) is 0 Å². The summed E-state index contributed by atoms with van der Waals surface area (Å²) in [4.78, 5) is 6.53. The molecule has 19 heavy (non-hydrogen) atoms. The minimum absolute atomic E-state index is 0.535. The predicted octanol–water partition coefficient (Wildman–Crippen LogP) is 2.20. The molecule has 1 aliphatic carbocycles. The Labute approximate surface area is 115 Å². The molecule has 0 amide bonds. The van der Waals surface area contributed by atoms with Crippen molar-refractivity contribution in [1.82, 2.24) is 9.88 Å². The summed E-state index contributed by atoms with van der Waals surface area (Å²) in [6, 6.07) is 6.60. The lowest BCUT2D eigenvalue weighted by Crippen LogP contribution is -2.36. The van der Waals surface area contributed by atoms with Crippen LogP contribution in [-0.4, -0.2) is 36.2 Å². The molecule has 1 aromatic rings. The van der Waals surface area contributed by atoms with Crippen molar-refractivity contribution >= 4 is 0 Å². The molecule has 1 atom stereocenters. The first kappa shape index (κ1) is 14.0. The molecule has 0 N–H and O–H groups in total. The maximum absolute atomic E-state index is 9.11. The van der Waals surface area contributed by atoms with E-state index in [0.29, 0.717) is 11.7 Å². The third kappa shape index (κ3) is 3.76. The lowest BCUT2D eigenvalue weighted by molar-refractivity contribution is 0.111. The molecular weight excluding hydrogens is 238 g/mol. The van der Waals surface area contributed by atoms with E-state index in [1.165, 1.54) is 12.8 Å². The van der Waals surface area contributed by atoms with Crippen molar-refractivity contribution in [3.63, 3.8) is 0 Å². The molecule has 0 aliphatic heterocycles. The standard InChI is InChI=1S/C15H21N3O/c1-12(13-5-6-13)18(8-9-19-2)11-14-4-3-7-17-15(14)10-16/h3-4,7,12-13H,5-6,8-9,11H2,1-2H3. The average Bonchev–Trinajstić information content (AvgIpc) is 3.27. The first-order valence-electron chi connectivity index (χ1n) is 6.83. The lowest BCUT2D eigenvalue weighted by atomic mass is 10.1. The van der Waals surface area contributed by atoms with Crippen LogP contribution in [0.1, 0.15) is 31.0 Å². The second kappa shape index (κ2) is 6.65. The normalized spacial score (nSPS) is 16.3. The third-order valence-electron chi connectivity index (χ3n) is 3.83. The SMILES string of the molecule is COCCN(Cc1cccnc1C#N)C(C)C1CC1. The van der Waals surface area contributed by atoms with E-state index in [1.807, 2.05) is 12.1 Å². The van der Waals surface area contributed by atoms with Crippen molar-refractivity contribution in [2.75, 3.05) is 20.3 Å². The van der Waals surface area contributed by atoms with Gasteiger partial charge in [0.15, 0.2) is 0 Å². The van der Waals surface area contributed by atoms with E-state index >= 15 is 0 Å². The van der Waals surface area contributed by atoms with E-state index in [9.17, 15) is 0 Å². The minimum Gasteiger partial charge on any atom is -0.383 e. The van der Waals surface area contributed by atoms with Gasteiger partial charge in [-0.3, -0.25) is 4.90 Å². The lowest BCUT2D eigenvalue weighted by Gasteiger charge is -2.29. The average molecular weight is 259 g/mol. The van der Waals surface area contributed by atoms with Gasteiger partial charge < -0.3 is 4.74 Å². The van der Waals surface area contributed by atoms with E-state index < -0.39 is 0 Å². The Morgan fingerprint density at radius 1 is 1.58 bits per heavy atom. The largest absolute Gasteiger partial charge is 0.383 e. The van der Waals surface area contributed by atoms with Crippen molar-refractivity contribution in [1.29, 1.82) is 5.26 Å². The maximum Gasteiger partial charge on any atom is 0.144 e. The van der Waals surface area contributed by atoms with Gasteiger partial charge in [-0.1, -0.05) is 6.07 Å². The molecule has 1 unspecified atom stereocenters. The van der Waals surface area contributed by atoms with E-state index in [2.05, 4.69) is 22.9 Å². The second-order valence-electron chi connectivity index (χ2n) is 5.16. The molecule has 0 saturated heterocycles. The number of aromatic nitrogens is 1. The molecule has 0 radical (unpaired) electrons. The van der Waals surface area contributed by atoms with Crippen LogP contribution in [0.25, 0.3) is 0 Å². The summed E-state index contributed by atoms with van der Waals surface area (Å²) in [6.45, 7) is 4.67. The van der Waals surface area contributed by atoms with Crippen molar-refractivity contribution in [2.24, 2.45) is 5.92 Å². The number of pyridine rings is 1. The zero-order chi connectivity index (χ0) is 13.7. The molecule has 0 spiro atoms. The first-order valence-corrected chi connectivity index (χ1v) is 6.83. The molecule has 1 heterocycles. The highest BCUT2D eigenvalue weighted by Crippen LogP contribution is 2.35. The zero-order valence-corrected chi connectivity index (χ0v) is 11.7. The van der Waals surface area contributed by atoms with Crippen LogP contribution < -0.4 is 0 Å². The molecule has 1 saturated carbocycles. The monoisotopic (exact) mass is 259 g/mol. The quantitative estimate of drug-likeness (QED) is 0.753. The number of methoxy groups -OCH3 is 1. The third-order valence-corrected chi connectivity index (χ3v) is 3.83. The van der Waals surface area contributed by atoms with Crippen molar-refractivity contribution in [3.8, 4) is 6.07 Å². The Kier molecular flexibility index (Phi) is 4.89. The minimum atomic E-state index is 0.535. The molecule has 1 fully saturated rings. The van der Waals surface area contributed by atoms with Gasteiger partial charge in [0.2, 0.25) is 0 Å². The highest BCUT2D eigenvalue weighted by molar-refractivity contribution is 5.30. The van der Waals surface area contributed by atoms with Crippen LogP contribution in [0.3, 0.4) is 0 Å². The van der Waals surface area contributed by atoms with E-state index in [1.54, 1.807) is 13.3 Å². The number of ether oxygens (including phenoxy) is 1. The van der Waals surface area contributed by atoms with E-state index in [4.69, 9.17) is 10.00 Å². The van der Waals surface area contributed by atoms with Crippen molar-refractivity contribution < 1.29 is 4.74 Å². The summed E-state index contributed by atoms with van der Waals surface area (Å²) in [6.07, 6.45) is 4.32. The molecule has 0 bridgehead atoms. The number of hydrogen-bond donors (Lipinski definition) is 0. The van der Waals surface area contributed by atoms with Crippen LogP contribution in [-0.2, 0) is 11.3 Å². The fourth-order valence-electron chi connectivity index (χ4n) is 2.40. The number of nitrogens with zero attached hydrogens (tertiary/aromatic N) is 3. The fraction of sp³-hybridized carbons (Fsp3) is 0.600. The Balaban J connectivity index is 2.07. The van der Waals surface area contributed by atoms with Gasteiger partial charge in [-0.25, -0.2) is 4.98 Å². The summed E-state index contributed by atoms with van der Waals surface area (Å²) in [5, 5.41) is 9.11. The van der Waals surface area contributed by atoms with E-state index in [-0.39, 0.29) is 0 Å². The highest BCUT2D eigenvalue weighted by Gasteiger charge is 2.32. The zero-order valence-electron chi connectivity index (χ0n) is 11.7. The molecule has 4 heteroatoms. The molecular formula is C15H21N3O. The van der Waals surface area contributed by atoms with E-state index in [0.717, 1.165) is 31.2 Å². The fourth-order valence-corrected chi connectivity index (χ4v) is 2.40. The predicted molar refractivity (Wildman–Crippen MR) is 73.4 cm³/mol. The number of nitriles is 1. The number of hydrogen-bond acceptors (Lipinski definition) is 4. The molecule has 4 nitrogen and oxygen atoms in total. The summed E-state index contributed by atoms with van der Waals surface area (Å²) in [5.74, 6) is 0.805. The second-order valence-corrected chi connectivity index (χ2v) is 5.16. The van der Waals surface area contributed by atoms with Crippen LogP contribution in [0.15, 0.2) is 18.3 Å². The smallest absolute Gasteiger partial charge is 0.144 e. The molecule has 1 aliphatic rings. The van der Waals surface area contributed by atoms with Gasteiger partial charge in [0.25, 0.3) is 0 Å². The van der Waals surface area contributed by atoms with Crippen LogP contribution in [0.5, 0.6) is 0 Å². The van der Waals surface area contributed by atoms with Gasteiger partial charge in [-0.2, -0.15) is 5.26 Å². The Morgan fingerprint density at radius 3 is 3.00 bits per heavy atom. The van der Waals surface area contributed by atoms with Crippen LogP contribution in [0, 0.1) is 17.2 Å². The van der Waals surface area contributed by atoms with Gasteiger partial charge in [0, 0.05) is 38.0 Å². The van der Waals surface area contributed by atoms with Gasteiger partial charge in [0.05, 0.1) is 6.61 Å². The summed E-state index contributed by atoms with van der Waals surface area (Å²) in [5.41, 5.74) is 1.54. The Morgan fingerprint density at radius 2 is 2.37 bits per heavy atom. The topological polar surface area (TPSA) is 49.1 Å². The highest BCUT2D eigenvalue weighted by atomic mass is 16.5. The van der Waals surface area contributed by atoms with Crippen LogP contribution >= 0.6 is 0 Å². The summed E-state index contributed by atoms with van der Waals surface area (Å²) >= 11 is 0. The summed E-state index contributed by atoms with van der Waals surface area (Å²) < 4.78 is 5.19. The number of rotatable bonds is 7. The maximum atomic E-state index is 9.11. The molecule has 2 rings (SSSR count). The molecule has 102 valence electrons. The van der Waals surface area contributed by atoms with Crippen LogP contribution in [0.4, 0.5) is 0 Å².